The Hall–Kier alpha value is -2.48. The summed E-state index contributed by atoms with van der Waals surface area (Å²) in [5.41, 5.74) is 0.952. The van der Waals surface area contributed by atoms with Gasteiger partial charge in [-0.15, -0.1) is 0 Å². The predicted octanol–water partition coefficient (Wildman–Crippen LogP) is 3.59. The van der Waals surface area contributed by atoms with Crippen LogP contribution in [0.3, 0.4) is 0 Å². The SMILES string of the molecule is N#Cc1ccc(F)c(CNc2ccc(F)c(F)c2)c1. The van der Waals surface area contributed by atoms with Gasteiger partial charge in [-0.05, 0) is 30.3 Å². The first-order valence-corrected chi connectivity index (χ1v) is 5.47. The van der Waals surface area contributed by atoms with Crippen LogP contribution in [0.25, 0.3) is 0 Å². The van der Waals surface area contributed by atoms with Crippen LogP contribution in [-0.4, -0.2) is 0 Å². The third-order valence-electron chi connectivity index (χ3n) is 2.58. The van der Waals surface area contributed by atoms with E-state index in [2.05, 4.69) is 5.32 Å². The van der Waals surface area contributed by atoms with E-state index in [-0.39, 0.29) is 12.1 Å². The molecule has 0 atom stereocenters. The molecule has 2 aromatic carbocycles. The molecule has 0 amide bonds. The fourth-order valence-corrected chi connectivity index (χ4v) is 1.58. The standard InChI is InChI=1S/C14H9F3N2/c15-12-3-1-9(7-18)5-10(12)8-19-11-2-4-13(16)14(17)6-11/h1-6,19H,8H2. The lowest BCUT2D eigenvalue weighted by Gasteiger charge is -2.08. The summed E-state index contributed by atoms with van der Waals surface area (Å²) in [5, 5.41) is 11.5. The van der Waals surface area contributed by atoms with Gasteiger partial charge in [-0.3, -0.25) is 0 Å². The van der Waals surface area contributed by atoms with E-state index >= 15 is 0 Å². The van der Waals surface area contributed by atoms with Crippen molar-refractivity contribution in [2.45, 2.75) is 6.54 Å². The van der Waals surface area contributed by atoms with E-state index in [9.17, 15) is 13.2 Å². The Balaban J connectivity index is 2.14. The summed E-state index contributed by atoms with van der Waals surface area (Å²) in [5.74, 6) is -2.38. The quantitative estimate of drug-likeness (QED) is 0.917. The van der Waals surface area contributed by atoms with Gasteiger partial charge >= 0.3 is 0 Å². The summed E-state index contributed by atoms with van der Waals surface area (Å²) in [6.45, 7) is 0.0758. The molecule has 2 aromatic rings. The molecule has 1 N–H and O–H groups in total. The smallest absolute Gasteiger partial charge is 0.160 e. The topological polar surface area (TPSA) is 35.8 Å². The van der Waals surface area contributed by atoms with Crippen LogP contribution >= 0.6 is 0 Å². The van der Waals surface area contributed by atoms with E-state index in [1.807, 2.05) is 6.07 Å². The van der Waals surface area contributed by atoms with Gasteiger partial charge in [-0.25, -0.2) is 13.2 Å². The molecule has 0 aliphatic carbocycles. The minimum Gasteiger partial charge on any atom is -0.381 e. The monoisotopic (exact) mass is 262 g/mol. The maximum atomic E-state index is 13.5. The van der Waals surface area contributed by atoms with Gasteiger partial charge in [0.1, 0.15) is 5.82 Å². The molecule has 0 fully saturated rings. The van der Waals surface area contributed by atoms with Gasteiger partial charge in [-0.1, -0.05) is 0 Å². The van der Waals surface area contributed by atoms with Gasteiger partial charge in [0.15, 0.2) is 11.6 Å². The van der Waals surface area contributed by atoms with E-state index in [4.69, 9.17) is 5.26 Å². The van der Waals surface area contributed by atoms with Gasteiger partial charge in [0.2, 0.25) is 0 Å². The minimum absolute atomic E-state index is 0.0758. The maximum absolute atomic E-state index is 13.5. The molecule has 5 heteroatoms. The van der Waals surface area contributed by atoms with Crippen molar-refractivity contribution in [1.29, 1.82) is 5.26 Å². The van der Waals surface area contributed by atoms with Crippen molar-refractivity contribution in [2.24, 2.45) is 0 Å². The molecule has 0 aliphatic heterocycles. The van der Waals surface area contributed by atoms with Crippen molar-refractivity contribution >= 4 is 5.69 Å². The second-order valence-electron chi connectivity index (χ2n) is 3.90. The van der Waals surface area contributed by atoms with E-state index in [0.29, 0.717) is 11.3 Å². The van der Waals surface area contributed by atoms with Crippen molar-refractivity contribution in [3.05, 3.63) is 65.0 Å². The molecular formula is C14H9F3N2. The Bertz CT molecular complexity index is 648. The molecule has 0 aliphatic rings. The zero-order chi connectivity index (χ0) is 13.8. The second kappa shape index (κ2) is 5.44. The van der Waals surface area contributed by atoms with E-state index < -0.39 is 17.5 Å². The highest BCUT2D eigenvalue weighted by Crippen LogP contribution is 2.16. The minimum atomic E-state index is -0.976. The van der Waals surface area contributed by atoms with Crippen LogP contribution in [0.15, 0.2) is 36.4 Å². The summed E-state index contributed by atoms with van der Waals surface area (Å²) in [7, 11) is 0. The lowest BCUT2D eigenvalue weighted by Crippen LogP contribution is -2.03. The van der Waals surface area contributed by atoms with Crippen molar-refractivity contribution in [1.82, 2.24) is 0 Å². The molecule has 0 bridgehead atoms. The summed E-state index contributed by atoms with van der Waals surface area (Å²) < 4.78 is 39.2. The molecule has 2 rings (SSSR count). The van der Waals surface area contributed by atoms with Gasteiger partial charge in [0.05, 0.1) is 11.6 Å². The average molecular weight is 262 g/mol. The highest BCUT2D eigenvalue weighted by atomic mass is 19.2. The number of hydrogen-bond donors (Lipinski definition) is 1. The largest absolute Gasteiger partial charge is 0.381 e. The first-order valence-electron chi connectivity index (χ1n) is 5.47. The summed E-state index contributed by atoms with van der Waals surface area (Å²) >= 11 is 0. The molecule has 0 radical (unpaired) electrons. The first-order chi connectivity index (χ1) is 9.10. The molecule has 0 unspecified atom stereocenters. The zero-order valence-corrected chi connectivity index (χ0v) is 9.75. The Morgan fingerprint density at radius 2 is 1.68 bits per heavy atom. The van der Waals surface area contributed by atoms with Crippen molar-refractivity contribution in [2.75, 3.05) is 5.32 Å². The third kappa shape index (κ3) is 3.05. The predicted molar refractivity (Wildman–Crippen MR) is 64.8 cm³/mol. The van der Waals surface area contributed by atoms with Crippen molar-refractivity contribution in [3.8, 4) is 6.07 Å². The van der Waals surface area contributed by atoms with Crippen LogP contribution in [0.4, 0.5) is 18.9 Å². The molecule has 0 heterocycles. The highest BCUT2D eigenvalue weighted by Gasteiger charge is 2.05. The molecule has 0 aromatic heterocycles. The van der Waals surface area contributed by atoms with Gasteiger partial charge < -0.3 is 5.32 Å². The average Bonchev–Trinajstić information content (AvgIpc) is 2.41. The number of nitriles is 1. The van der Waals surface area contributed by atoms with E-state index in [1.54, 1.807) is 0 Å². The van der Waals surface area contributed by atoms with E-state index in [1.165, 1.54) is 24.3 Å². The van der Waals surface area contributed by atoms with Gasteiger partial charge in [0.25, 0.3) is 0 Å². The van der Waals surface area contributed by atoms with Crippen LogP contribution in [-0.2, 0) is 6.54 Å². The van der Waals surface area contributed by atoms with Crippen LogP contribution in [0.1, 0.15) is 11.1 Å². The Morgan fingerprint density at radius 3 is 2.37 bits per heavy atom. The first kappa shape index (κ1) is 13.0. The molecular weight excluding hydrogens is 253 g/mol. The van der Waals surface area contributed by atoms with Crippen molar-refractivity contribution in [3.63, 3.8) is 0 Å². The molecule has 0 saturated carbocycles. The molecule has 0 saturated heterocycles. The van der Waals surface area contributed by atoms with Crippen LogP contribution in [0.2, 0.25) is 0 Å². The summed E-state index contributed by atoms with van der Waals surface area (Å²) in [6, 6.07) is 9.20. The van der Waals surface area contributed by atoms with E-state index in [0.717, 1.165) is 12.1 Å². The molecule has 0 spiro atoms. The lowest BCUT2D eigenvalue weighted by atomic mass is 10.1. The lowest BCUT2D eigenvalue weighted by molar-refractivity contribution is 0.509. The third-order valence-corrected chi connectivity index (χ3v) is 2.58. The van der Waals surface area contributed by atoms with Gasteiger partial charge in [0, 0.05) is 23.9 Å². The van der Waals surface area contributed by atoms with Gasteiger partial charge in [-0.2, -0.15) is 5.26 Å². The summed E-state index contributed by atoms with van der Waals surface area (Å²) in [6.07, 6.45) is 0. The maximum Gasteiger partial charge on any atom is 0.160 e. The number of halogens is 3. The number of anilines is 1. The second-order valence-corrected chi connectivity index (χ2v) is 3.90. The zero-order valence-electron chi connectivity index (χ0n) is 9.75. The number of nitrogens with one attached hydrogen (secondary N) is 1. The van der Waals surface area contributed by atoms with Crippen LogP contribution in [0.5, 0.6) is 0 Å². The number of benzene rings is 2. The van der Waals surface area contributed by atoms with Crippen molar-refractivity contribution < 1.29 is 13.2 Å². The number of rotatable bonds is 3. The van der Waals surface area contributed by atoms with Crippen LogP contribution < -0.4 is 5.32 Å². The molecule has 96 valence electrons. The number of nitrogens with zero attached hydrogens (tertiary/aromatic N) is 1. The number of hydrogen-bond acceptors (Lipinski definition) is 2. The Morgan fingerprint density at radius 1 is 0.947 bits per heavy atom. The van der Waals surface area contributed by atoms with Crippen LogP contribution in [0, 0.1) is 28.8 Å². The highest BCUT2D eigenvalue weighted by molar-refractivity contribution is 5.45. The molecule has 19 heavy (non-hydrogen) atoms. The Labute approximate surface area is 108 Å². The summed E-state index contributed by atoms with van der Waals surface area (Å²) in [4.78, 5) is 0. The fourth-order valence-electron chi connectivity index (χ4n) is 1.58. The fraction of sp³-hybridized carbons (Fsp3) is 0.0714. The molecule has 2 nitrogen and oxygen atoms in total. The normalized spacial score (nSPS) is 10.0. The Kier molecular flexibility index (Phi) is 3.71.